The number of rotatable bonds is 6. The van der Waals surface area contributed by atoms with Gasteiger partial charge in [-0.3, -0.25) is 4.79 Å². The van der Waals surface area contributed by atoms with Crippen molar-refractivity contribution in [1.29, 1.82) is 0 Å². The standard InChI is InChI=1S/C14H21NO2/c1-4-10-15(14(16)12(2)17-3)11-13-8-6-5-7-9-13/h5-9,12H,4,10-11H2,1-3H3. The van der Waals surface area contributed by atoms with Gasteiger partial charge in [0.25, 0.3) is 5.91 Å². The second kappa shape index (κ2) is 7.07. The van der Waals surface area contributed by atoms with Crippen LogP contribution in [0.25, 0.3) is 0 Å². The lowest BCUT2D eigenvalue weighted by atomic mass is 10.2. The molecule has 0 N–H and O–H groups in total. The molecule has 0 spiro atoms. The molecule has 1 rings (SSSR count). The molecular formula is C14H21NO2. The molecule has 0 bridgehead atoms. The Morgan fingerprint density at radius 1 is 1.35 bits per heavy atom. The van der Waals surface area contributed by atoms with Crippen LogP contribution in [0, 0.1) is 0 Å². The molecule has 0 aliphatic heterocycles. The zero-order valence-corrected chi connectivity index (χ0v) is 10.8. The minimum Gasteiger partial charge on any atom is -0.372 e. The van der Waals surface area contributed by atoms with E-state index in [0.717, 1.165) is 18.5 Å². The number of nitrogens with zero attached hydrogens (tertiary/aromatic N) is 1. The van der Waals surface area contributed by atoms with Crippen LogP contribution in [0.15, 0.2) is 30.3 Å². The first kappa shape index (κ1) is 13.7. The van der Waals surface area contributed by atoms with Gasteiger partial charge in [-0.1, -0.05) is 37.3 Å². The van der Waals surface area contributed by atoms with Crippen LogP contribution in [0.2, 0.25) is 0 Å². The van der Waals surface area contributed by atoms with E-state index in [-0.39, 0.29) is 12.0 Å². The van der Waals surface area contributed by atoms with Crippen molar-refractivity contribution in [2.75, 3.05) is 13.7 Å². The fourth-order valence-electron chi connectivity index (χ4n) is 1.70. The predicted molar refractivity (Wildman–Crippen MR) is 68.6 cm³/mol. The van der Waals surface area contributed by atoms with Gasteiger partial charge in [-0.05, 0) is 18.9 Å². The molecule has 1 unspecified atom stereocenters. The molecule has 94 valence electrons. The van der Waals surface area contributed by atoms with E-state index in [9.17, 15) is 4.79 Å². The van der Waals surface area contributed by atoms with Crippen molar-refractivity contribution < 1.29 is 9.53 Å². The lowest BCUT2D eigenvalue weighted by Crippen LogP contribution is -2.38. The third-order valence-corrected chi connectivity index (χ3v) is 2.72. The molecule has 0 radical (unpaired) electrons. The van der Waals surface area contributed by atoms with Gasteiger partial charge < -0.3 is 9.64 Å². The molecule has 0 aromatic heterocycles. The zero-order valence-electron chi connectivity index (χ0n) is 10.8. The first-order valence-electron chi connectivity index (χ1n) is 6.04. The van der Waals surface area contributed by atoms with Crippen molar-refractivity contribution in [2.45, 2.75) is 32.9 Å². The fourth-order valence-corrected chi connectivity index (χ4v) is 1.70. The van der Waals surface area contributed by atoms with Crippen molar-refractivity contribution in [3.63, 3.8) is 0 Å². The van der Waals surface area contributed by atoms with Crippen molar-refractivity contribution in [3.05, 3.63) is 35.9 Å². The van der Waals surface area contributed by atoms with Crippen LogP contribution in [0.1, 0.15) is 25.8 Å². The Morgan fingerprint density at radius 2 is 2.00 bits per heavy atom. The fraction of sp³-hybridized carbons (Fsp3) is 0.500. The van der Waals surface area contributed by atoms with E-state index in [0.29, 0.717) is 6.54 Å². The van der Waals surface area contributed by atoms with Gasteiger partial charge in [-0.15, -0.1) is 0 Å². The highest BCUT2D eigenvalue weighted by Crippen LogP contribution is 2.08. The molecule has 17 heavy (non-hydrogen) atoms. The van der Waals surface area contributed by atoms with E-state index >= 15 is 0 Å². The van der Waals surface area contributed by atoms with Gasteiger partial charge in [-0.25, -0.2) is 0 Å². The highest BCUT2D eigenvalue weighted by molar-refractivity contribution is 5.80. The van der Waals surface area contributed by atoms with Crippen LogP contribution in [0.3, 0.4) is 0 Å². The molecule has 0 saturated heterocycles. The molecule has 1 aromatic rings. The molecule has 1 atom stereocenters. The summed E-state index contributed by atoms with van der Waals surface area (Å²) in [4.78, 5) is 13.9. The van der Waals surface area contributed by atoms with Gasteiger partial charge in [-0.2, -0.15) is 0 Å². The van der Waals surface area contributed by atoms with E-state index in [4.69, 9.17) is 4.74 Å². The molecule has 3 nitrogen and oxygen atoms in total. The van der Waals surface area contributed by atoms with Crippen molar-refractivity contribution in [1.82, 2.24) is 4.90 Å². The minimum atomic E-state index is -0.370. The van der Waals surface area contributed by atoms with E-state index < -0.39 is 0 Å². The van der Waals surface area contributed by atoms with Crippen LogP contribution in [0.4, 0.5) is 0 Å². The van der Waals surface area contributed by atoms with Gasteiger partial charge in [0.05, 0.1) is 0 Å². The summed E-state index contributed by atoms with van der Waals surface area (Å²) in [5.41, 5.74) is 1.15. The monoisotopic (exact) mass is 235 g/mol. The van der Waals surface area contributed by atoms with E-state index in [1.807, 2.05) is 35.2 Å². The Balaban J connectivity index is 2.69. The number of carbonyl (C=O) groups excluding carboxylic acids is 1. The molecule has 0 aliphatic carbocycles. The molecule has 0 aliphatic rings. The summed E-state index contributed by atoms with van der Waals surface area (Å²) in [6.45, 7) is 5.28. The Morgan fingerprint density at radius 3 is 2.53 bits per heavy atom. The normalized spacial score (nSPS) is 12.2. The number of carbonyl (C=O) groups is 1. The SMILES string of the molecule is CCCN(Cc1ccccc1)C(=O)C(C)OC. The Kier molecular flexibility index (Phi) is 5.70. The minimum absolute atomic E-state index is 0.0539. The Labute approximate surface area is 103 Å². The van der Waals surface area contributed by atoms with Crippen LogP contribution < -0.4 is 0 Å². The van der Waals surface area contributed by atoms with Crippen LogP contribution in [-0.4, -0.2) is 30.6 Å². The molecule has 0 heterocycles. The van der Waals surface area contributed by atoms with Crippen molar-refractivity contribution in [2.24, 2.45) is 0 Å². The lowest BCUT2D eigenvalue weighted by molar-refractivity contribution is -0.141. The molecule has 1 aromatic carbocycles. The average molecular weight is 235 g/mol. The van der Waals surface area contributed by atoms with Gasteiger partial charge in [0, 0.05) is 20.2 Å². The number of ether oxygens (including phenoxy) is 1. The van der Waals surface area contributed by atoms with Crippen LogP contribution >= 0.6 is 0 Å². The summed E-state index contributed by atoms with van der Waals surface area (Å²) in [7, 11) is 1.56. The van der Waals surface area contributed by atoms with E-state index in [1.165, 1.54) is 0 Å². The quantitative estimate of drug-likeness (QED) is 0.758. The maximum absolute atomic E-state index is 12.1. The average Bonchev–Trinajstić information content (AvgIpc) is 2.37. The number of hydrogen-bond donors (Lipinski definition) is 0. The number of benzene rings is 1. The summed E-state index contributed by atoms with van der Waals surface area (Å²) < 4.78 is 5.09. The van der Waals surface area contributed by atoms with Gasteiger partial charge in [0.2, 0.25) is 0 Å². The van der Waals surface area contributed by atoms with Gasteiger partial charge in [0.1, 0.15) is 6.10 Å². The van der Waals surface area contributed by atoms with E-state index in [2.05, 4.69) is 6.92 Å². The Bertz CT molecular complexity index is 337. The molecule has 3 heteroatoms. The first-order valence-corrected chi connectivity index (χ1v) is 6.04. The number of amides is 1. The second-order valence-corrected chi connectivity index (χ2v) is 4.12. The smallest absolute Gasteiger partial charge is 0.251 e. The summed E-state index contributed by atoms with van der Waals surface area (Å²) >= 11 is 0. The highest BCUT2D eigenvalue weighted by Gasteiger charge is 2.19. The predicted octanol–water partition coefficient (Wildman–Crippen LogP) is 2.46. The summed E-state index contributed by atoms with van der Waals surface area (Å²) in [6, 6.07) is 10.0. The Hall–Kier alpha value is -1.35. The van der Waals surface area contributed by atoms with Crippen molar-refractivity contribution >= 4 is 5.91 Å². The number of methoxy groups -OCH3 is 1. The lowest BCUT2D eigenvalue weighted by Gasteiger charge is -2.24. The molecule has 1 amide bonds. The second-order valence-electron chi connectivity index (χ2n) is 4.12. The van der Waals surface area contributed by atoms with E-state index in [1.54, 1.807) is 14.0 Å². The van der Waals surface area contributed by atoms with Crippen molar-refractivity contribution in [3.8, 4) is 0 Å². The zero-order chi connectivity index (χ0) is 12.7. The molecule has 0 saturated carbocycles. The summed E-state index contributed by atoms with van der Waals surface area (Å²) in [5.74, 6) is 0.0539. The largest absolute Gasteiger partial charge is 0.372 e. The van der Waals surface area contributed by atoms with Gasteiger partial charge >= 0.3 is 0 Å². The topological polar surface area (TPSA) is 29.5 Å². The molecular weight excluding hydrogens is 214 g/mol. The third kappa shape index (κ3) is 4.19. The van der Waals surface area contributed by atoms with Crippen LogP contribution in [0.5, 0.6) is 0 Å². The van der Waals surface area contributed by atoms with Gasteiger partial charge in [0.15, 0.2) is 0 Å². The summed E-state index contributed by atoms with van der Waals surface area (Å²) in [6.07, 6.45) is 0.583. The first-order chi connectivity index (χ1) is 8.19. The molecule has 0 fully saturated rings. The summed E-state index contributed by atoms with van der Waals surface area (Å²) in [5, 5.41) is 0. The maximum Gasteiger partial charge on any atom is 0.251 e. The highest BCUT2D eigenvalue weighted by atomic mass is 16.5. The third-order valence-electron chi connectivity index (χ3n) is 2.72. The number of hydrogen-bond acceptors (Lipinski definition) is 2. The maximum atomic E-state index is 12.1. The van der Waals surface area contributed by atoms with Crippen LogP contribution in [-0.2, 0) is 16.1 Å².